The van der Waals surface area contributed by atoms with E-state index >= 15 is 0 Å². The number of alkyl halides is 2. The van der Waals surface area contributed by atoms with Crippen molar-refractivity contribution in [3.05, 3.63) is 28.8 Å². The van der Waals surface area contributed by atoms with Gasteiger partial charge in [0.25, 0.3) is 0 Å². The van der Waals surface area contributed by atoms with Crippen LogP contribution in [0.2, 0.25) is 25.7 Å². The number of esters is 1. The molecular weight excluding hydrogens is 404 g/mol. The number of hydrogen-bond acceptors (Lipinski definition) is 3. The first-order valence-corrected chi connectivity index (χ1v) is 15.5. The average molecular weight is 427 g/mol. The Morgan fingerprint density at radius 3 is 2.52 bits per heavy atom. The fourth-order valence-corrected chi connectivity index (χ4v) is 4.50. The summed E-state index contributed by atoms with van der Waals surface area (Å²) in [4.78, 5) is 12.4. The predicted octanol–water partition coefficient (Wildman–Crippen LogP) is 4.09. The molecule has 0 unspecified atom stereocenters. The molecule has 0 N–H and O–H groups in total. The summed E-state index contributed by atoms with van der Waals surface area (Å²) in [6.07, 6.45) is 0. The second-order valence-corrected chi connectivity index (χ2v) is 15.0. The molecule has 1 rings (SSSR count). The van der Waals surface area contributed by atoms with Crippen molar-refractivity contribution in [2.24, 2.45) is 0 Å². The molecule has 0 bridgehead atoms. The van der Waals surface area contributed by atoms with Crippen LogP contribution >= 0.6 is 7.49 Å². The van der Waals surface area contributed by atoms with Crippen LogP contribution in [0, 0.1) is 6.92 Å². The zero-order valence-corrected chi connectivity index (χ0v) is 17.7. The van der Waals surface area contributed by atoms with E-state index in [1.807, 2.05) is 0 Å². The Balaban J connectivity index is 2.99. The van der Waals surface area contributed by atoms with Crippen LogP contribution in [-0.4, -0.2) is 41.3 Å². The molecule has 8 heteroatoms. The summed E-state index contributed by atoms with van der Waals surface area (Å²) in [5.41, 5.74) is 1.75. The van der Waals surface area contributed by atoms with E-state index in [0.29, 0.717) is 28.6 Å². The third-order valence-electron chi connectivity index (χ3n) is 3.15. The normalized spacial score (nSPS) is 11.6. The summed E-state index contributed by atoms with van der Waals surface area (Å²) in [5, 5.41) is 0.618. The maximum absolute atomic E-state index is 12.4. The van der Waals surface area contributed by atoms with Gasteiger partial charge in [-0.05, 0) is 0 Å². The van der Waals surface area contributed by atoms with Crippen molar-refractivity contribution in [2.45, 2.75) is 44.5 Å². The molecule has 23 heavy (non-hydrogen) atoms. The molecule has 0 aliphatic carbocycles. The molecule has 0 aliphatic rings. The number of rotatable bonds is 8. The van der Waals surface area contributed by atoms with Crippen molar-refractivity contribution in [1.82, 2.24) is 0 Å². The number of carbonyl (C=O) groups excluding carboxylic acids is 1. The van der Waals surface area contributed by atoms with E-state index in [9.17, 15) is 13.6 Å². The summed E-state index contributed by atoms with van der Waals surface area (Å²) < 4.78 is 34.6. The SMILES string of the molecule is Cc1cc(OC(F)F)cc(C[SeH]=P)c1C(=O)OCC[Si](C)(C)C. The van der Waals surface area contributed by atoms with Crippen molar-refractivity contribution in [3.63, 3.8) is 0 Å². The average Bonchev–Trinajstić information content (AvgIpc) is 2.35. The summed E-state index contributed by atoms with van der Waals surface area (Å²) in [6, 6.07) is 3.85. The van der Waals surface area contributed by atoms with Gasteiger partial charge in [-0.2, -0.15) is 0 Å². The summed E-state index contributed by atoms with van der Waals surface area (Å²) in [7, 11) is 2.18. The van der Waals surface area contributed by atoms with Gasteiger partial charge in [0.15, 0.2) is 0 Å². The van der Waals surface area contributed by atoms with Crippen LogP contribution in [0.3, 0.4) is 0 Å². The van der Waals surface area contributed by atoms with Gasteiger partial charge in [-0.15, -0.1) is 0 Å². The van der Waals surface area contributed by atoms with Crippen LogP contribution in [0.25, 0.3) is 0 Å². The van der Waals surface area contributed by atoms with Gasteiger partial charge in [0, 0.05) is 0 Å². The van der Waals surface area contributed by atoms with Gasteiger partial charge < -0.3 is 0 Å². The van der Waals surface area contributed by atoms with Crippen LogP contribution in [0.1, 0.15) is 21.5 Å². The van der Waals surface area contributed by atoms with Crippen LogP contribution in [0.4, 0.5) is 8.78 Å². The molecule has 0 fully saturated rings. The summed E-state index contributed by atoms with van der Waals surface area (Å²) in [6.45, 7) is 5.85. The van der Waals surface area contributed by atoms with Gasteiger partial charge in [-0.25, -0.2) is 0 Å². The fraction of sp³-hybridized carbons (Fsp3) is 0.533. The fourth-order valence-electron chi connectivity index (χ4n) is 2.02. The summed E-state index contributed by atoms with van der Waals surface area (Å²) in [5.74, 6) is -0.312. The Morgan fingerprint density at radius 2 is 2.00 bits per heavy atom. The number of halogens is 2. The van der Waals surface area contributed by atoms with E-state index in [-0.39, 0.29) is 25.8 Å². The van der Waals surface area contributed by atoms with Gasteiger partial charge in [0.05, 0.1) is 0 Å². The molecule has 1 aromatic rings. The predicted molar refractivity (Wildman–Crippen MR) is 95.4 cm³/mol. The number of hydrogen-bond donors (Lipinski definition) is 0. The standard InChI is InChI=1S/C15H23F2O3PSeSi/c1-10-7-12(20-15(16)17)8-11(9-22-21)13(10)14(18)19-5-6-23(2,3)4/h7-8,15,21-22H,5-6,9H2,1-4H3. The molecule has 0 amide bonds. The number of aryl methyl sites for hydroxylation is 1. The second-order valence-electron chi connectivity index (χ2n) is 6.42. The van der Waals surface area contributed by atoms with Gasteiger partial charge >= 0.3 is 144 Å². The van der Waals surface area contributed by atoms with Gasteiger partial charge in [0.2, 0.25) is 0 Å². The van der Waals surface area contributed by atoms with Crippen molar-refractivity contribution < 1.29 is 23.0 Å². The zero-order chi connectivity index (χ0) is 17.6. The van der Waals surface area contributed by atoms with E-state index in [1.165, 1.54) is 12.1 Å². The molecule has 0 saturated carbocycles. The Bertz CT molecular complexity index is 577. The van der Waals surface area contributed by atoms with Crippen molar-refractivity contribution in [1.29, 1.82) is 0 Å². The molecular formula is C15H23F2O3PSeSi. The van der Waals surface area contributed by atoms with E-state index in [0.717, 1.165) is 6.04 Å². The van der Waals surface area contributed by atoms with Gasteiger partial charge in [-0.1, -0.05) is 0 Å². The first kappa shape index (κ1) is 20.4. The molecule has 3 nitrogen and oxygen atoms in total. The number of carbonyl (C=O) groups is 1. The molecule has 130 valence electrons. The molecule has 0 saturated heterocycles. The molecule has 0 heterocycles. The molecule has 0 radical (unpaired) electrons. The van der Waals surface area contributed by atoms with Gasteiger partial charge in [-0.3, -0.25) is 0 Å². The van der Waals surface area contributed by atoms with Crippen LogP contribution in [0.5, 0.6) is 5.75 Å². The minimum atomic E-state index is -2.88. The minimum absolute atomic E-state index is 0.0764. The monoisotopic (exact) mass is 428 g/mol. The van der Waals surface area contributed by atoms with Crippen molar-refractivity contribution in [2.75, 3.05) is 6.61 Å². The van der Waals surface area contributed by atoms with E-state index < -0.39 is 14.7 Å². The molecule has 0 aromatic heterocycles. The first-order valence-electron chi connectivity index (χ1n) is 7.22. The zero-order valence-electron chi connectivity index (χ0n) is 13.8. The number of ether oxygens (including phenoxy) is 2. The molecule has 0 atom stereocenters. The van der Waals surface area contributed by atoms with E-state index in [1.54, 1.807) is 6.92 Å². The Hall–Kier alpha value is -0.614. The third kappa shape index (κ3) is 7.21. The molecule has 0 spiro atoms. The Kier molecular flexibility index (Phi) is 8.01. The van der Waals surface area contributed by atoms with E-state index in [4.69, 9.17) is 4.74 Å². The maximum atomic E-state index is 12.4. The topological polar surface area (TPSA) is 35.5 Å². The van der Waals surface area contributed by atoms with Gasteiger partial charge in [0.1, 0.15) is 0 Å². The second kappa shape index (κ2) is 9.02. The summed E-state index contributed by atoms with van der Waals surface area (Å²) >= 11 is -0.193. The molecule has 1 aromatic carbocycles. The first-order chi connectivity index (χ1) is 10.6. The van der Waals surface area contributed by atoms with Crippen molar-refractivity contribution >= 4 is 35.6 Å². The number of benzene rings is 1. The Morgan fingerprint density at radius 1 is 1.35 bits per heavy atom. The van der Waals surface area contributed by atoms with E-state index in [2.05, 4.69) is 31.9 Å². The quantitative estimate of drug-likeness (QED) is 0.356. The third-order valence-corrected chi connectivity index (χ3v) is 6.73. The van der Waals surface area contributed by atoms with Crippen LogP contribution in [-0.2, 0) is 10.1 Å². The van der Waals surface area contributed by atoms with Crippen LogP contribution < -0.4 is 4.74 Å². The van der Waals surface area contributed by atoms with Crippen molar-refractivity contribution in [3.8, 4) is 5.75 Å². The van der Waals surface area contributed by atoms with Crippen LogP contribution in [0.15, 0.2) is 12.1 Å². The molecule has 0 aliphatic heterocycles. The Labute approximate surface area is 144 Å².